The van der Waals surface area contributed by atoms with E-state index in [1.54, 1.807) is 0 Å². The van der Waals surface area contributed by atoms with E-state index in [1.807, 2.05) is 30.3 Å². The summed E-state index contributed by atoms with van der Waals surface area (Å²) in [4.78, 5) is 2.43. The predicted molar refractivity (Wildman–Crippen MR) is 86.2 cm³/mol. The summed E-state index contributed by atoms with van der Waals surface area (Å²) in [7, 11) is 0. The van der Waals surface area contributed by atoms with Gasteiger partial charge in [-0.1, -0.05) is 30.3 Å². The van der Waals surface area contributed by atoms with Gasteiger partial charge < -0.3 is 9.84 Å². The molecule has 0 bridgehead atoms. The van der Waals surface area contributed by atoms with Crippen LogP contribution in [-0.4, -0.2) is 40.3 Å². The van der Waals surface area contributed by atoms with Gasteiger partial charge in [0.25, 0.3) is 0 Å². The Hall–Kier alpha value is -0.900. The fourth-order valence-electron chi connectivity index (χ4n) is 3.35. The maximum Gasteiger partial charge on any atom is 0.0900 e. The fourth-order valence-corrected chi connectivity index (χ4v) is 3.35. The van der Waals surface area contributed by atoms with Gasteiger partial charge in [0, 0.05) is 17.6 Å². The van der Waals surface area contributed by atoms with E-state index in [9.17, 15) is 5.11 Å². The second kappa shape index (κ2) is 6.47. The normalized spacial score (nSPS) is 22.3. The molecule has 2 rings (SSSR count). The first-order chi connectivity index (χ1) is 9.81. The zero-order valence-corrected chi connectivity index (χ0v) is 13.8. The molecular formula is C18H29NO2. The fraction of sp³-hybridized carbons (Fsp3) is 0.667. The molecule has 0 radical (unpaired) electrons. The van der Waals surface area contributed by atoms with Crippen molar-refractivity contribution in [3.05, 3.63) is 35.9 Å². The first kappa shape index (κ1) is 16.5. The van der Waals surface area contributed by atoms with Crippen LogP contribution in [0.1, 0.15) is 46.1 Å². The number of aliphatic hydroxyl groups excluding tert-OH is 1. The summed E-state index contributed by atoms with van der Waals surface area (Å²) < 4.78 is 5.65. The zero-order chi connectivity index (χ0) is 15.5. The van der Waals surface area contributed by atoms with E-state index in [4.69, 9.17) is 4.74 Å². The van der Waals surface area contributed by atoms with E-state index in [0.717, 1.165) is 5.56 Å². The van der Waals surface area contributed by atoms with Crippen molar-refractivity contribution in [3.8, 4) is 0 Å². The minimum atomic E-state index is -0.439. The van der Waals surface area contributed by atoms with E-state index in [0.29, 0.717) is 19.8 Å². The van der Waals surface area contributed by atoms with Gasteiger partial charge in [-0.2, -0.15) is 0 Å². The predicted octanol–water partition coefficient (Wildman–Crippen LogP) is 3.22. The Labute approximate surface area is 128 Å². The van der Waals surface area contributed by atoms with E-state index >= 15 is 0 Å². The number of likely N-dealkylation sites (tertiary alicyclic amines) is 1. The van der Waals surface area contributed by atoms with Gasteiger partial charge in [0.2, 0.25) is 0 Å². The van der Waals surface area contributed by atoms with Crippen LogP contribution in [0.15, 0.2) is 30.3 Å². The van der Waals surface area contributed by atoms with Crippen LogP contribution in [0, 0.1) is 0 Å². The number of rotatable bonds is 6. The standard InChI is InChI=1S/C18H29NO2/c1-17(2)10-11-18(3,4)19(17)12-16(20)14-21-13-15-8-6-5-7-9-15/h5-9,16,20H,10-14H2,1-4H3. The average Bonchev–Trinajstić information content (AvgIpc) is 2.63. The molecular weight excluding hydrogens is 262 g/mol. The van der Waals surface area contributed by atoms with Crippen LogP contribution in [0.25, 0.3) is 0 Å². The minimum absolute atomic E-state index is 0.157. The second-order valence-corrected chi connectivity index (χ2v) is 7.39. The first-order valence-corrected chi connectivity index (χ1v) is 7.89. The lowest BCUT2D eigenvalue weighted by molar-refractivity contribution is -0.0234. The molecule has 1 atom stereocenters. The quantitative estimate of drug-likeness (QED) is 0.873. The SMILES string of the molecule is CC1(C)CCC(C)(C)N1CC(O)COCc1ccccc1. The van der Waals surface area contributed by atoms with Gasteiger partial charge in [0.05, 0.1) is 19.3 Å². The van der Waals surface area contributed by atoms with Gasteiger partial charge >= 0.3 is 0 Å². The van der Waals surface area contributed by atoms with Crippen molar-refractivity contribution in [2.45, 2.75) is 64.3 Å². The average molecular weight is 291 g/mol. The molecule has 3 nitrogen and oxygen atoms in total. The van der Waals surface area contributed by atoms with Gasteiger partial charge in [-0.15, -0.1) is 0 Å². The van der Waals surface area contributed by atoms with Crippen LogP contribution >= 0.6 is 0 Å². The third-order valence-corrected chi connectivity index (χ3v) is 4.63. The molecule has 0 saturated carbocycles. The molecule has 1 fully saturated rings. The highest BCUT2D eigenvalue weighted by Crippen LogP contribution is 2.40. The third-order valence-electron chi connectivity index (χ3n) is 4.63. The van der Waals surface area contributed by atoms with Crippen molar-refractivity contribution in [1.29, 1.82) is 0 Å². The highest BCUT2D eigenvalue weighted by molar-refractivity contribution is 5.13. The maximum atomic E-state index is 10.3. The van der Waals surface area contributed by atoms with Crippen molar-refractivity contribution < 1.29 is 9.84 Å². The maximum absolute atomic E-state index is 10.3. The Balaban J connectivity index is 1.80. The van der Waals surface area contributed by atoms with Crippen LogP contribution in [0.4, 0.5) is 0 Å². The smallest absolute Gasteiger partial charge is 0.0900 e. The van der Waals surface area contributed by atoms with E-state index < -0.39 is 6.10 Å². The van der Waals surface area contributed by atoms with Crippen molar-refractivity contribution in [1.82, 2.24) is 4.90 Å². The van der Waals surface area contributed by atoms with Crippen LogP contribution in [-0.2, 0) is 11.3 Å². The number of hydrogen-bond donors (Lipinski definition) is 1. The zero-order valence-electron chi connectivity index (χ0n) is 13.8. The molecule has 1 unspecified atom stereocenters. The molecule has 1 aliphatic heterocycles. The summed E-state index contributed by atoms with van der Waals surface area (Å²) in [6.07, 6.45) is 1.92. The summed E-state index contributed by atoms with van der Waals surface area (Å²) in [5.74, 6) is 0. The minimum Gasteiger partial charge on any atom is -0.389 e. The lowest BCUT2D eigenvalue weighted by atomic mass is 10.0. The number of benzene rings is 1. The molecule has 1 aromatic rings. The monoisotopic (exact) mass is 291 g/mol. The lowest BCUT2D eigenvalue weighted by Gasteiger charge is -2.41. The summed E-state index contributed by atoms with van der Waals surface area (Å²) in [5.41, 5.74) is 1.46. The molecule has 21 heavy (non-hydrogen) atoms. The number of hydrogen-bond acceptors (Lipinski definition) is 3. The van der Waals surface area contributed by atoms with Gasteiger partial charge in [-0.25, -0.2) is 0 Å². The molecule has 3 heteroatoms. The Morgan fingerprint density at radius 2 is 1.67 bits per heavy atom. The van der Waals surface area contributed by atoms with Gasteiger partial charge in [0.15, 0.2) is 0 Å². The summed E-state index contributed by atoms with van der Waals surface area (Å²) in [6.45, 7) is 10.7. The van der Waals surface area contributed by atoms with Crippen molar-refractivity contribution in [3.63, 3.8) is 0 Å². The Bertz CT molecular complexity index is 426. The summed E-state index contributed by atoms with van der Waals surface area (Å²) in [6, 6.07) is 10.1. The molecule has 1 heterocycles. The highest BCUT2D eigenvalue weighted by atomic mass is 16.5. The van der Waals surface area contributed by atoms with Crippen molar-refractivity contribution in [2.24, 2.45) is 0 Å². The van der Waals surface area contributed by atoms with Crippen LogP contribution in [0.2, 0.25) is 0 Å². The molecule has 1 saturated heterocycles. The molecule has 118 valence electrons. The molecule has 0 amide bonds. The van der Waals surface area contributed by atoms with E-state index in [1.165, 1.54) is 12.8 Å². The van der Waals surface area contributed by atoms with Gasteiger partial charge in [-0.3, -0.25) is 4.90 Å². The topological polar surface area (TPSA) is 32.7 Å². The number of aliphatic hydroxyl groups is 1. The van der Waals surface area contributed by atoms with Gasteiger partial charge in [0.1, 0.15) is 0 Å². The van der Waals surface area contributed by atoms with Crippen LogP contribution in [0.5, 0.6) is 0 Å². The summed E-state index contributed by atoms with van der Waals surface area (Å²) >= 11 is 0. The Kier molecular flexibility index (Phi) is 5.07. The molecule has 0 aliphatic carbocycles. The lowest BCUT2D eigenvalue weighted by Crippen LogP contribution is -2.52. The van der Waals surface area contributed by atoms with E-state index in [-0.39, 0.29) is 11.1 Å². The van der Waals surface area contributed by atoms with E-state index in [2.05, 4.69) is 32.6 Å². The number of ether oxygens (including phenoxy) is 1. The molecule has 1 N–H and O–H groups in total. The third kappa shape index (κ3) is 4.29. The largest absolute Gasteiger partial charge is 0.389 e. The van der Waals surface area contributed by atoms with Crippen LogP contribution < -0.4 is 0 Å². The number of nitrogens with zero attached hydrogens (tertiary/aromatic N) is 1. The first-order valence-electron chi connectivity index (χ1n) is 7.89. The molecule has 0 spiro atoms. The molecule has 0 aromatic heterocycles. The molecule has 1 aromatic carbocycles. The Morgan fingerprint density at radius 3 is 2.24 bits per heavy atom. The summed E-state index contributed by atoms with van der Waals surface area (Å²) in [5, 5.41) is 10.3. The second-order valence-electron chi connectivity index (χ2n) is 7.39. The van der Waals surface area contributed by atoms with Crippen molar-refractivity contribution in [2.75, 3.05) is 13.2 Å². The number of β-amino-alcohol motifs (C(OH)–C–C–N with tert-alkyl or cyclic N) is 1. The molecule has 1 aliphatic rings. The van der Waals surface area contributed by atoms with Crippen LogP contribution in [0.3, 0.4) is 0 Å². The van der Waals surface area contributed by atoms with Crippen molar-refractivity contribution >= 4 is 0 Å². The highest BCUT2D eigenvalue weighted by Gasteiger charge is 2.44. The van der Waals surface area contributed by atoms with Gasteiger partial charge in [-0.05, 0) is 46.1 Å². The Morgan fingerprint density at radius 1 is 1.10 bits per heavy atom.